The number of rotatable bonds is 5. The predicted octanol–water partition coefficient (Wildman–Crippen LogP) is 13.7. The maximum atomic E-state index is 6.36. The molecule has 0 fully saturated rings. The maximum Gasteiger partial charge on any atom is 0.120 e. The van der Waals surface area contributed by atoms with Gasteiger partial charge in [0, 0.05) is 57.5 Å². The molecule has 0 aliphatic rings. The van der Waals surface area contributed by atoms with Crippen LogP contribution in [-0.4, -0.2) is 22.6 Å². The fourth-order valence-corrected chi connectivity index (χ4v) is 10.5. The van der Waals surface area contributed by atoms with Gasteiger partial charge in [-0.25, -0.2) is 0 Å². The van der Waals surface area contributed by atoms with Crippen LogP contribution in [0.25, 0.3) is 81.5 Å². The van der Waals surface area contributed by atoms with Crippen LogP contribution < -0.4 is 5.19 Å². The van der Waals surface area contributed by atoms with Crippen LogP contribution in [0.15, 0.2) is 138 Å². The van der Waals surface area contributed by atoms with E-state index in [0.29, 0.717) is 0 Å². The number of para-hydroxylation sites is 3. The Bertz CT molecular complexity index is 3090. The van der Waals surface area contributed by atoms with Crippen molar-refractivity contribution in [1.82, 2.24) is 14.5 Å². The molecule has 0 bridgehead atoms. The first kappa shape index (κ1) is 39.6. The summed E-state index contributed by atoms with van der Waals surface area (Å²) in [5.74, 6) is 0.828. The number of imidazole rings is 1. The van der Waals surface area contributed by atoms with Crippen LogP contribution in [0.1, 0.15) is 31.9 Å². The fraction of sp³-hybridized carbons (Fsp3) is 0.176. The minimum atomic E-state index is -1.38. The second-order valence-corrected chi connectivity index (χ2v) is 23.3. The van der Waals surface area contributed by atoms with Gasteiger partial charge in [0.2, 0.25) is 0 Å². The zero-order valence-corrected chi connectivity index (χ0v) is 38.1. The van der Waals surface area contributed by atoms with Crippen molar-refractivity contribution in [2.24, 2.45) is 5.41 Å². The smallest absolute Gasteiger partial charge is 0.120 e. The molecule has 0 saturated carbocycles. The number of benzene rings is 6. The van der Waals surface area contributed by atoms with Gasteiger partial charge < -0.3 is 14.0 Å². The summed E-state index contributed by atoms with van der Waals surface area (Å²) in [5.41, 5.74) is 10.7. The number of nitrogens with zero attached hydrogens (tertiary/aromatic N) is 3. The van der Waals surface area contributed by atoms with Crippen LogP contribution in [0.3, 0.4) is 0 Å². The van der Waals surface area contributed by atoms with E-state index >= 15 is 0 Å². The second kappa shape index (κ2) is 15.5. The topological polar surface area (TPSA) is 43.9 Å². The Labute approximate surface area is 359 Å². The Morgan fingerprint density at radius 2 is 1.50 bits per heavy atom. The molecule has 10 aromatic rings. The summed E-state index contributed by atoms with van der Waals surface area (Å²) < 4.78 is 11.2. The molecule has 4 aromatic heterocycles. The Hall–Kier alpha value is -5.17. The molecule has 7 heteroatoms. The summed E-state index contributed by atoms with van der Waals surface area (Å²) in [7, 11) is -1.38. The quantitative estimate of drug-likeness (QED) is 0.128. The normalized spacial score (nSPS) is 12.0. The van der Waals surface area contributed by atoms with Gasteiger partial charge in [0.15, 0.2) is 0 Å². The molecule has 4 heterocycles. The first-order valence-electron chi connectivity index (χ1n) is 19.6. The average Bonchev–Trinajstić information content (AvgIpc) is 3.88. The summed E-state index contributed by atoms with van der Waals surface area (Å²) in [6.45, 7) is 16.2. The van der Waals surface area contributed by atoms with Crippen molar-refractivity contribution in [3.63, 3.8) is 0 Å². The Kier molecular flexibility index (Phi) is 10.6. The van der Waals surface area contributed by atoms with Gasteiger partial charge in [-0.1, -0.05) is 118 Å². The minimum Gasteiger partial charge on any atom is -0.501 e. The number of pyridine rings is 1. The standard InChI is InChI=1S/C31H17N2OS.C20H28NSi.Ir/c1-5-14-27-20(8-1)22-10-7-11-23(30(22)34-27)31-32-25-12-3-4-13-26(25)33(31)19-16-17-29-24(18-19)21-9-2-6-15-28(21)35-29;1-15-8-10-16(11-9-15)18-12-17(13-20(2,3)4)19(14-21-18)22(5,6)7;/h1-10,12-18H;8-10,12,14H,13H2,1-7H3;/q2*-1;. The molecular weight excluding hydrogens is 923 g/mol. The Morgan fingerprint density at radius 1 is 0.759 bits per heavy atom. The molecule has 1 radical (unpaired) electrons. The van der Waals surface area contributed by atoms with Crippen LogP contribution in [0.2, 0.25) is 19.6 Å². The van der Waals surface area contributed by atoms with Crippen LogP contribution in [-0.2, 0) is 26.5 Å². The maximum absolute atomic E-state index is 6.36. The molecule has 0 atom stereocenters. The first-order valence-corrected chi connectivity index (χ1v) is 23.9. The number of aromatic nitrogens is 3. The van der Waals surface area contributed by atoms with E-state index < -0.39 is 8.07 Å². The van der Waals surface area contributed by atoms with Crippen molar-refractivity contribution >= 4 is 77.7 Å². The van der Waals surface area contributed by atoms with E-state index in [4.69, 9.17) is 14.4 Å². The number of fused-ring (bicyclic) bond motifs is 7. The number of hydrogen-bond acceptors (Lipinski definition) is 4. The van der Waals surface area contributed by atoms with Crippen molar-refractivity contribution in [2.75, 3.05) is 0 Å². The van der Waals surface area contributed by atoms with Gasteiger partial charge in [-0.3, -0.25) is 4.98 Å². The van der Waals surface area contributed by atoms with Crippen LogP contribution in [0, 0.1) is 24.5 Å². The van der Waals surface area contributed by atoms with Crippen molar-refractivity contribution < 1.29 is 24.5 Å². The van der Waals surface area contributed by atoms with Crippen molar-refractivity contribution in [1.29, 1.82) is 0 Å². The molecule has 0 N–H and O–H groups in total. The summed E-state index contributed by atoms with van der Waals surface area (Å²) in [6.07, 6.45) is 3.21. The molecular formula is C51H45IrN3OSSi-2. The minimum absolute atomic E-state index is 0. The van der Waals surface area contributed by atoms with E-state index in [1.54, 1.807) is 0 Å². The molecule has 291 valence electrons. The third-order valence-corrected chi connectivity index (χ3v) is 13.7. The summed E-state index contributed by atoms with van der Waals surface area (Å²) in [6, 6.07) is 51.1. The van der Waals surface area contributed by atoms with Gasteiger partial charge >= 0.3 is 0 Å². The zero-order chi connectivity index (χ0) is 39.5. The van der Waals surface area contributed by atoms with Crippen molar-refractivity contribution in [3.8, 4) is 28.3 Å². The Balaban J connectivity index is 0.000000178. The third kappa shape index (κ3) is 7.60. The number of aryl methyl sites for hydroxylation is 1. The monoisotopic (exact) mass is 968 g/mol. The van der Waals surface area contributed by atoms with Gasteiger partial charge in [-0.15, -0.1) is 64.9 Å². The van der Waals surface area contributed by atoms with Gasteiger partial charge in [-0.2, -0.15) is 0 Å². The average molecular weight is 968 g/mol. The van der Waals surface area contributed by atoms with Gasteiger partial charge in [0.25, 0.3) is 0 Å². The molecule has 6 aromatic carbocycles. The summed E-state index contributed by atoms with van der Waals surface area (Å²) in [4.78, 5) is 9.82. The molecule has 0 aliphatic carbocycles. The van der Waals surface area contributed by atoms with E-state index in [0.717, 1.165) is 67.7 Å². The molecule has 0 spiro atoms. The van der Waals surface area contributed by atoms with Gasteiger partial charge in [0.1, 0.15) is 5.58 Å². The predicted molar refractivity (Wildman–Crippen MR) is 245 cm³/mol. The second-order valence-electron chi connectivity index (χ2n) is 17.2. The fourth-order valence-electron chi connectivity index (χ4n) is 7.86. The van der Waals surface area contributed by atoms with E-state index in [-0.39, 0.29) is 25.5 Å². The number of furan rings is 1. The largest absolute Gasteiger partial charge is 0.501 e. The SMILES string of the molecule is Cc1c[c-]c(-c2cc(CC(C)(C)C)c([Si](C)(C)C)cn2)cc1.[Ir].[c-]1ccc2c(oc3ccccc32)c1-c1nc2ccccc2n1-c1ccc2sc3ccccc3c2c1. The molecule has 4 nitrogen and oxygen atoms in total. The van der Waals surface area contributed by atoms with Crippen molar-refractivity contribution in [3.05, 3.63) is 157 Å². The van der Waals surface area contributed by atoms with Gasteiger partial charge in [-0.05, 0) is 65.2 Å². The molecule has 0 aliphatic heterocycles. The molecule has 58 heavy (non-hydrogen) atoms. The molecule has 0 saturated heterocycles. The van der Waals surface area contributed by atoms with Crippen LogP contribution in [0.4, 0.5) is 0 Å². The molecule has 0 unspecified atom stereocenters. The van der Waals surface area contributed by atoms with Gasteiger partial charge in [0.05, 0.1) is 30.5 Å². The Morgan fingerprint density at radius 3 is 2.28 bits per heavy atom. The number of hydrogen-bond donors (Lipinski definition) is 0. The van der Waals surface area contributed by atoms with E-state index in [2.05, 4.69) is 161 Å². The first-order chi connectivity index (χ1) is 27.4. The van der Waals surface area contributed by atoms with Crippen LogP contribution in [0.5, 0.6) is 0 Å². The summed E-state index contributed by atoms with van der Waals surface area (Å²) in [5, 5.41) is 6.21. The third-order valence-electron chi connectivity index (χ3n) is 10.5. The molecule has 0 amide bonds. The van der Waals surface area contributed by atoms with E-state index in [9.17, 15) is 0 Å². The van der Waals surface area contributed by atoms with Crippen molar-refractivity contribution in [2.45, 2.75) is 53.8 Å². The zero-order valence-electron chi connectivity index (χ0n) is 33.9. The summed E-state index contributed by atoms with van der Waals surface area (Å²) >= 11 is 1.83. The van der Waals surface area contributed by atoms with E-state index in [1.165, 1.54) is 36.5 Å². The number of thiophene rings is 1. The van der Waals surface area contributed by atoms with E-state index in [1.807, 2.05) is 47.7 Å². The molecule has 10 rings (SSSR count). The van der Waals surface area contributed by atoms with Crippen LogP contribution >= 0.6 is 11.3 Å².